The molecule has 4 nitrogen and oxygen atoms in total. The van der Waals surface area contributed by atoms with Gasteiger partial charge in [0.05, 0.1) is 5.56 Å². The van der Waals surface area contributed by atoms with Gasteiger partial charge in [0.15, 0.2) is 0 Å². The van der Waals surface area contributed by atoms with Crippen molar-refractivity contribution in [1.29, 1.82) is 0 Å². The summed E-state index contributed by atoms with van der Waals surface area (Å²) in [6, 6.07) is 2.80. The Morgan fingerprint density at radius 3 is 2.64 bits per heavy atom. The zero-order chi connectivity index (χ0) is 16.8. The third-order valence-electron chi connectivity index (χ3n) is 2.98. The first-order chi connectivity index (χ1) is 10.3. The zero-order valence-electron chi connectivity index (χ0n) is 12.3. The number of hydrogen-bond acceptors (Lipinski definition) is 3. The second-order valence-corrected chi connectivity index (χ2v) is 5.70. The molecule has 0 aliphatic heterocycles. The number of hydrogen-bond donors (Lipinski definition) is 3. The molecule has 3 N–H and O–H groups in total. The molecule has 1 aromatic carbocycles. The van der Waals surface area contributed by atoms with Crippen LogP contribution in [0.2, 0.25) is 0 Å². The zero-order valence-corrected chi connectivity index (χ0v) is 13.1. The van der Waals surface area contributed by atoms with Crippen LogP contribution in [0.1, 0.15) is 17.5 Å². The highest BCUT2D eigenvalue weighted by molar-refractivity contribution is 7.98. The van der Waals surface area contributed by atoms with Crippen molar-refractivity contribution in [3.05, 3.63) is 29.3 Å². The summed E-state index contributed by atoms with van der Waals surface area (Å²) >= 11 is 1.50. The molecule has 0 spiro atoms. The molecule has 2 amide bonds. The monoisotopic (exact) mass is 336 g/mol. The molecular formula is C14H19F3N2O2S. The molecule has 1 unspecified atom stereocenters. The van der Waals surface area contributed by atoms with E-state index in [1.807, 2.05) is 6.26 Å². The van der Waals surface area contributed by atoms with Crippen LogP contribution in [0.4, 0.5) is 23.7 Å². The molecule has 22 heavy (non-hydrogen) atoms. The van der Waals surface area contributed by atoms with Crippen LogP contribution in [0.3, 0.4) is 0 Å². The van der Waals surface area contributed by atoms with Gasteiger partial charge in [0.25, 0.3) is 0 Å². The molecule has 1 atom stereocenters. The second-order valence-electron chi connectivity index (χ2n) is 4.79. The van der Waals surface area contributed by atoms with Crippen molar-refractivity contribution in [3.63, 3.8) is 0 Å². The topological polar surface area (TPSA) is 61.4 Å². The first kappa shape index (κ1) is 18.6. The molecule has 0 radical (unpaired) electrons. The molecule has 0 heterocycles. The molecule has 0 aromatic heterocycles. The number of carbonyl (C=O) groups excluding carboxylic acids is 1. The molecule has 0 saturated carbocycles. The van der Waals surface area contributed by atoms with Gasteiger partial charge in [-0.1, -0.05) is 6.07 Å². The predicted octanol–water partition coefficient (Wildman–Crippen LogP) is 3.25. The number of aliphatic hydroxyl groups is 1. The van der Waals surface area contributed by atoms with E-state index in [2.05, 4.69) is 10.6 Å². The summed E-state index contributed by atoms with van der Waals surface area (Å²) in [7, 11) is 0. The summed E-state index contributed by atoms with van der Waals surface area (Å²) < 4.78 is 38.5. The number of nitrogens with one attached hydrogen (secondary N) is 2. The van der Waals surface area contributed by atoms with Gasteiger partial charge in [-0.15, -0.1) is 0 Å². The normalized spacial score (nSPS) is 12.8. The summed E-state index contributed by atoms with van der Waals surface area (Å²) in [5.74, 6) is 0.607. The average Bonchev–Trinajstić information content (AvgIpc) is 2.40. The smallest absolute Gasteiger partial charge is 0.396 e. The number of carbonyl (C=O) groups is 1. The van der Waals surface area contributed by atoms with Gasteiger partial charge in [0.2, 0.25) is 0 Å². The van der Waals surface area contributed by atoms with Crippen molar-refractivity contribution >= 4 is 23.5 Å². The quantitative estimate of drug-likeness (QED) is 0.747. The highest BCUT2D eigenvalue weighted by atomic mass is 32.2. The van der Waals surface area contributed by atoms with E-state index in [9.17, 15) is 18.0 Å². The van der Waals surface area contributed by atoms with Gasteiger partial charge in [-0.3, -0.25) is 0 Å². The number of alkyl halides is 3. The molecule has 0 fully saturated rings. The maximum absolute atomic E-state index is 12.8. The number of halogens is 3. The summed E-state index contributed by atoms with van der Waals surface area (Å²) in [5, 5.41) is 13.9. The van der Waals surface area contributed by atoms with Gasteiger partial charge in [0.1, 0.15) is 0 Å². The van der Waals surface area contributed by atoms with E-state index < -0.39 is 17.8 Å². The summed E-state index contributed by atoms with van der Waals surface area (Å²) in [4.78, 5) is 11.8. The molecule has 1 rings (SSSR count). The van der Waals surface area contributed by atoms with Gasteiger partial charge in [-0.2, -0.15) is 24.9 Å². The minimum atomic E-state index is -4.46. The fraction of sp³-hybridized carbons (Fsp3) is 0.500. The van der Waals surface area contributed by atoms with Gasteiger partial charge < -0.3 is 15.7 Å². The van der Waals surface area contributed by atoms with Crippen molar-refractivity contribution in [2.75, 3.05) is 23.9 Å². The number of aryl methyl sites for hydroxylation is 1. The fourth-order valence-electron chi connectivity index (χ4n) is 1.91. The second kappa shape index (κ2) is 8.28. The van der Waals surface area contributed by atoms with Crippen LogP contribution in [0.25, 0.3) is 0 Å². The van der Waals surface area contributed by atoms with Crippen LogP contribution < -0.4 is 10.6 Å². The number of benzene rings is 1. The lowest BCUT2D eigenvalue weighted by Gasteiger charge is -2.18. The van der Waals surface area contributed by atoms with Gasteiger partial charge >= 0.3 is 12.2 Å². The number of anilines is 1. The van der Waals surface area contributed by atoms with Crippen molar-refractivity contribution < 1.29 is 23.1 Å². The maximum atomic E-state index is 12.8. The lowest BCUT2D eigenvalue weighted by atomic mass is 10.1. The lowest BCUT2D eigenvalue weighted by molar-refractivity contribution is -0.138. The maximum Gasteiger partial charge on any atom is 0.416 e. The first-order valence-corrected chi connectivity index (χ1v) is 8.02. The minimum Gasteiger partial charge on any atom is -0.396 e. The van der Waals surface area contributed by atoms with Crippen molar-refractivity contribution in [1.82, 2.24) is 5.32 Å². The van der Waals surface area contributed by atoms with Crippen molar-refractivity contribution in [3.8, 4) is 0 Å². The standard InChI is InChI=1S/C14H19F3N2O2S/c1-9-3-4-10(7-12(9)14(15,16)17)18-13(21)19-11(5-6-20)8-22-2/h3-4,7,11,20H,5-6,8H2,1-2H3,(H2,18,19,21). The number of rotatable bonds is 6. The molecule has 124 valence electrons. The largest absolute Gasteiger partial charge is 0.416 e. The van der Waals surface area contributed by atoms with E-state index in [1.165, 1.54) is 30.8 Å². The van der Waals surface area contributed by atoms with Crippen LogP contribution in [-0.2, 0) is 6.18 Å². The summed E-state index contributed by atoms with van der Waals surface area (Å²) in [5.41, 5.74) is -0.609. The predicted molar refractivity (Wildman–Crippen MR) is 82.2 cm³/mol. The van der Waals surface area contributed by atoms with E-state index in [0.29, 0.717) is 12.2 Å². The average molecular weight is 336 g/mol. The van der Waals surface area contributed by atoms with Crippen LogP contribution in [0.5, 0.6) is 0 Å². The first-order valence-electron chi connectivity index (χ1n) is 6.63. The number of thioether (sulfide) groups is 1. The number of amides is 2. The molecule has 0 saturated heterocycles. The molecule has 8 heteroatoms. The highest BCUT2D eigenvalue weighted by Gasteiger charge is 2.32. The Labute approximate surface area is 131 Å². The summed E-state index contributed by atoms with van der Waals surface area (Å²) in [6.07, 6.45) is -2.22. The Bertz CT molecular complexity index is 503. The Balaban J connectivity index is 2.76. The third-order valence-corrected chi connectivity index (χ3v) is 3.72. The lowest BCUT2D eigenvalue weighted by Crippen LogP contribution is -2.40. The van der Waals surface area contributed by atoms with Crippen LogP contribution >= 0.6 is 11.8 Å². The Hall–Kier alpha value is -1.41. The molecule has 1 aromatic rings. The van der Waals surface area contributed by atoms with Crippen LogP contribution in [-0.4, -0.2) is 35.8 Å². The van der Waals surface area contributed by atoms with E-state index in [0.717, 1.165) is 6.07 Å². The minimum absolute atomic E-state index is 0.0716. The van der Waals surface area contributed by atoms with E-state index in [4.69, 9.17) is 5.11 Å². The SMILES string of the molecule is CSCC(CCO)NC(=O)Nc1ccc(C)c(C(F)(F)F)c1. The van der Waals surface area contributed by atoms with Crippen LogP contribution in [0, 0.1) is 6.92 Å². The van der Waals surface area contributed by atoms with E-state index >= 15 is 0 Å². The van der Waals surface area contributed by atoms with E-state index in [1.54, 1.807) is 0 Å². The van der Waals surface area contributed by atoms with Gasteiger partial charge in [0, 0.05) is 24.1 Å². The van der Waals surface area contributed by atoms with Gasteiger partial charge in [-0.25, -0.2) is 4.79 Å². The Morgan fingerprint density at radius 2 is 2.09 bits per heavy atom. The Kier molecular flexibility index (Phi) is 7.02. The van der Waals surface area contributed by atoms with Crippen molar-refractivity contribution in [2.24, 2.45) is 0 Å². The highest BCUT2D eigenvalue weighted by Crippen LogP contribution is 2.33. The summed E-state index contributed by atoms with van der Waals surface area (Å²) in [6.45, 7) is 1.29. The van der Waals surface area contributed by atoms with Crippen LogP contribution in [0.15, 0.2) is 18.2 Å². The van der Waals surface area contributed by atoms with Gasteiger partial charge in [-0.05, 0) is 37.3 Å². The molecule has 0 aliphatic carbocycles. The van der Waals surface area contributed by atoms with E-state index in [-0.39, 0.29) is 23.9 Å². The number of urea groups is 1. The molecule has 0 aliphatic rings. The van der Waals surface area contributed by atoms with Crippen molar-refractivity contribution in [2.45, 2.75) is 25.6 Å². The Morgan fingerprint density at radius 1 is 1.41 bits per heavy atom. The fourth-order valence-corrected chi connectivity index (χ4v) is 2.56. The molecule has 0 bridgehead atoms. The number of aliphatic hydroxyl groups excluding tert-OH is 1. The molecular weight excluding hydrogens is 317 g/mol. The third kappa shape index (κ3) is 5.76.